The fourth-order valence-electron chi connectivity index (χ4n) is 3.06. The summed E-state index contributed by atoms with van der Waals surface area (Å²) in [5.41, 5.74) is 7.10. The molecule has 2 aromatic rings. The Hall–Kier alpha value is -2.31. The van der Waals surface area contributed by atoms with E-state index in [9.17, 15) is 9.59 Å². The van der Waals surface area contributed by atoms with E-state index in [1.807, 2.05) is 30.3 Å². The Morgan fingerprint density at radius 1 is 1.19 bits per heavy atom. The largest absolute Gasteiger partial charge is 0.467 e. The highest BCUT2D eigenvalue weighted by Crippen LogP contribution is 2.20. The fourth-order valence-corrected chi connectivity index (χ4v) is 3.06. The van der Waals surface area contributed by atoms with Gasteiger partial charge < -0.3 is 20.4 Å². The molecule has 2 amide bonds. The summed E-state index contributed by atoms with van der Waals surface area (Å²) in [6.45, 7) is 1.96. The Bertz CT molecular complexity index is 725. The van der Waals surface area contributed by atoms with E-state index in [0.717, 1.165) is 5.56 Å². The lowest BCUT2D eigenvalue weighted by molar-refractivity contribution is -0.126. The van der Waals surface area contributed by atoms with Gasteiger partial charge in [0.15, 0.2) is 0 Å². The Labute approximate surface area is 159 Å². The quantitative estimate of drug-likeness (QED) is 0.836. The monoisotopic (exact) mass is 377 g/mol. The molecular formula is C19H24ClN3O3. The summed E-state index contributed by atoms with van der Waals surface area (Å²) < 4.78 is 5.22. The van der Waals surface area contributed by atoms with E-state index < -0.39 is 0 Å². The van der Waals surface area contributed by atoms with Gasteiger partial charge in [0.2, 0.25) is 5.91 Å². The van der Waals surface area contributed by atoms with Gasteiger partial charge in [0, 0.05) is 25.6 Å². The molecule has 140 valence electrons. The van der Waals surface area contributed by atoms with Crippen LogP contribution in [0, 0.1) is 5.92 Å². The number of benzene rings is 1. The molecule has 0 radical (unpaired) electrons. The van der Waals surface area contributed by atoms with Crippen molar-refractivity contribution in [2.24, 2.45) is 11.7 Å². The molecule has 0 saturated carbocycles. The normalized spacial score (nSPS) is 14.6. The number of amides is 2. The molecular weight excluding hydrogens is 354 g/mol. The van der Waals surface area contributed by atoms with Crippen molar-refractivity contribution in [1.29, 1.82) is 0 Å². The van der Waals surface area contributed by atoms with Crippen LogP contribution in [0.5, 0.6) is 0 Å². The maximum atomic E-state index is 12.4. The molecule has 0 atom stereocenters. The van der Waals surface area contributed by atoms with E-state index in [-0.39, 0.29) is 36.7 Å². The summed E-state index contributed by atoms with van der Waals surface area (Å²) in [4.78, 5) is 26.5. The summed E-state index contributed by atoms with van der Waals surface area (Å²) in [5, 5.41) is 2.98. The van der Waals surface area contributed by atoms with Gasteiger partial charge in [-0.3, -0.25) is 9.59 Å². The third-order valence-corrected chi connectivity index (χ3v) is 4.56. The van der Waals surface area contributed by atoms with Gasteiger partial charge in [-0.15, -0.1) is 12.4 Å². The van der Waals surface area contributed by atoms with Crippen molar-refractivity contribution in [2.75, 3.05) is 13.1 Å². The van der Waals surface area contributed by atoms with Crippen LogP contribution in [0.25, 0.3) is 0 Å². The number of halogens is 1. The Balaban J connectivity index is 0.00000243. The van der Waals surface area contributed by atoms with Crippen molar-refractivity contribution >= 4 is 24.2 Å². The van der Waals surface area contributed by atoms with Crippen molar-refractivity contribution in [1.82, 2.24) is 10.2 Å². The van der Waals surface area contributed by atoms with Crippen LogP contribution in [0.4, 0.5) is 0 Å². The number of nitrogens with two attached hydrogens (primary N) is 1. The first kappa shape index (κ1) is 20.0. The standard InChI is InChI=1S/C19H23N3O3.ClH/c20-11-17-10-16(13-25-17)19(24)22-8-6-15(7-9-22)18(23)21-12-14-4-2-1-3-5-14;/h1-5,10,13,15H,6-9,11-12,20H2,(H,21,23);1H. The van der Waals surface area contributed by atoms with Crippen molar-refractivity contribution in [3.8, 4) is 0 Å². The lowest BCUT2D eigenvalue weighted by Crippen LogP contribution is -2.42. The first-order chi connectivity index (χ1) is 12.2. The molecule has 0 unspecified atom stereocenters. The van der Waals surface area contributed by atoms with E-state index in [0.29, 0.717) is 43.8 Å². The van der Waals surface area contributed by atoms with Gasteiger partial charge in [0.05, 0.1) is 12.1 Å². The molecule has 2 heterocycles. The van der Waals surface area contributed by atoms with Gasteiger partial charge >= 0.3 is 0 Å². The minimum absolute atomic E-state index is 0. The predicted molar refractivity (Wildman–Crippen MR) is 101 cm³/mol. The van der Waals surface area contributed by atoms with E-state index in [1.54, 1.807) is 11.0 Å². The van der Waals surface area contributed by atoms with Crippen molar-refractivity contribution in [2.45, 2.75) is 25.9 Å². The molecule has 1 aliphatic rings. The first-order valence-electron chi connectivity index (χ1n) is 8.55. The predicted octanol–water partition coefficient (Wildman–Crippen LogP) is 2.33. The number of furan rings is 1. The van der Waals surface area contributed by atoms with Gasteiger partial charge in [-0.05, 0) is 24.5 Å². The van der Waals surface area contributed by atoms with Crippen LogP contribution < -0.4 is 11.1 Å². The number of hydrogen-bond acceptors (Lipinski definition) is 4. The second kappa shape index (κ2) is 9.40. The second-order valence-corrected chi connectivity index (χ2v) is 6.28. The molecule has 6 nitrogen and oxygen atoms in total. The zero-order valence-electron chi connectivity index (χ0n) is 14.5. The average molecular weight is 378 g/mol. The van der Waals surface area contributed by atoms with Crippen molar-refractivity contribution in [3.05, 3.63) is 59.5 Å². The number of likely N-dealkylation sites (tertiary alicyclic amines) is 1. The number of nitrogens with zero attached hydrogens (tertiary/aromatic N) is 1. The van der Waals surface area contributed by atoms with Gasteiger partial charge in [0.1, 0.15) is 12.0 Å². The molecule has 1 aromatic heterocycles. The maximum Gasteiger partial charge on any atom is 0.257 e. The molecule has 0 aliphatic carbocycles. The van der Waals surface area contributed by atoms with Crippen LogP contribution in [-0.4, -0.2) is 29.8 Å². The summed E-state index contributed by atoms with van der Waals surface area (Å²) in [6, 6.07) is 11.5. The summed E-state index contributed by atoms with van der Waals surface area (Å²) in [7, 11) is 0. The van der Waals surface area contributed by atoms with Crippen LogP contribution >= 0.6 is 12.4 Å². The number of carbonyl (C=O) groups excluding carboxylic acids is 2. The average Bonchev–Trinajstić information content (AvgIpc) is 3.16. The summed E-state index contributed by atoms with van der Waals surface area (Å²) >= 11 is 0. The van der Waals surface area contributed by atoms with Gasteiger partial charge in [0.25, 0.3) is 5.91 Å². The van der Waals surface area contributed by atoms with Gasteiger partial charge in [-0.2, -0.15) is 0 Å². The molecule has 26 heavy (non-hydrogen) atoms. The van der Waals surface area contributed by atoms with Crippen molar-refractivity contribution < 1.29 is 14.0 Å². The zero-order valence-corrected chi connectivity index (χ0v) is 15.3. The highest BCUT2D eigenvalue weighted by molar-refractivity contribution is 5.94. The number of nitrogens with one attached hydrogen (secondary N) is 1. The Morgan fingerprint density at radius 2 is 1.88 bits per heavy atom. The number of carbonyl (C=O) groups is 2. The molecule has 3 N–H and O–H groups in total. The second-order valence-electron chi connectivity index (χ2n) is 6.28. The fraction of sp³-hybridized carbons (Fsp3) is 0.368. The van der Waals surface area contributed by atoms with Gasteiger partial charge in [-0.25, -0.2) is 0 Å². The molecule has 1 fully saturated rings. The van der Waals surface area contributed by atoms with Crippen LogP contribution in [0.2, 0.25) is 0 Å². The van der Waals surface area contributed by atoms with E-state index in [2.05, 4.69) is 5.32 Å². The maximum absolute atomic E-state index is 12.4. The SMILES string of the molecule is Cl.NCc1cc(C(=O)N2CCC(C(=O)NCc3ccccc3)CC2)co1. The molecule has 1 aromatic carbocycles. The highest BCUT2D eigenvalue weighted by atomic mass is 35.5. The topological polar surface area (TPSA) is 88.6 Å². The minimum Gasteiger partial charge on any atom is -0.467 e. The molecule has 1 aliphatic heterocycles. The Morgan fingerprint density at radius 3 is 2.50 bits per heavy atom. The van der Waals surface area contributed by atoms with E-state index >= 15 is 0 Å². The lowest BCUT2D eigenvalue weighted by atomic mass is 9.95. The third-order valence-electron chi connectivity index (χ3n) is 4.56. The van der Waals surface area contributed by atoms with Crippen LogP contribution in [-0.2, 0) is 17.9 Å². The molecule has 0 spiro atoms. The number of hydrogen-bond donors (Lipinski definition) is 2. The Kier molecular flexibility index (Phi) is 7.24. The van der Waals surface area contributed by atoms with E-state index in [1.165, 1.54) is 6.26 Å². The zero-order chi connectivity index (χ0) is 17.6. The first-order valence-corrected chi connectivity index (χ1v) is 8.55. The summed E-state index contributed by atoms with van der Waals surface area (Å²) in [5.74, 6) is 0.548. The van der Waals surface area contributed by atoms with Crippen LogP contribution in [0.3, 0.4) is 0 Å². The minimum atomic E-state index is -0.0633. The molecule has 7 heteroatoms. The third kappa shape index (κ3) is 4.86. The number of piperidine rings is 1. The van der Waals surface area contributed by atoms with Crippen LogP contribution in [0.15, 0.2) is 47.1 Å². The molecule has 3 rings (SSSR count). The molecule has 1 saturated heterocycles. The lowest BCUT2D eigenvalue weighted by Gasteiger charge is -2.31. The van der Waals surface area contributed by atoms with Crippen molar-refractivity contribution in [3.63, 3.8) is 0 Å². The highest BCUT2D eigenvalue weighted by Gasteiger charge is 2.28. The van der Waals surface area contributed by atoms with E-state index in [4.69, 9.17) is 10.2 Å². The smallest absolute Gasteiger partial charge is 0.257 e. The summed E-state index contributed by atoms with van der Waals surface area (Å²) in [6.07, 6.45) is 2.80. The van der Waals surface area contributed by atoms with Gasteiger partial charge in [-0.1, -0.05) is 30.3 Å². The molecule has 0 bridgehead atoms. The number of rotatable bonds is 5. The van der Waals surface area contributed by atoms with Crippen LogP contribution in [0.1, 0.15) is 34.5 Å².